The molecule has 0 radical (unpaired) electrons. The molecule has 30 heavy (non-hydrogen) atoms. The summed E-state index contributed by atoms with van der Waals surface area (Å²) in [6, 6.07) is 14.4. The zero-order valence-corrected chi connectivity index (χ0v) is 17.0. The minimum absolute atomic E-state index is 0.122. The topological polar surface area (TPSA) is 88.1 Å². The van der Waals surface area contributed by atoms with Crippen molar-refractivity contribution in [1.82, 2.24) is 19.7 Å². The highest BCUT2D eigenvalue weighted by Gasteiger charge is 2.28. The smallest absolute Gasteiger partial charge is 0.164 e. The summed E-state index contributed by atoms with van der Waals surface area (Å²) in [5.74, 6) is 1.76. The van der Waals surface area contributed by atoms with E-state index in [2.05, 4.69) is 34.2 Å². The fraction of sp³-hybridized carbons (Fsp3) is 0.261. The molecule has 0 bridgehead atoms. The molecule has 152 valence electrons. The Labute approximate surface area is 174 Å². The van der Waals surface area contributed by atoms with Gasteiger partial charge in [0.05, 0.1) is 25.1 Å². The van der Waals surface area contributed by atoms with E-state index in [4.69, 9.17) is 20.3 Å². The molecule has 1 aliphatic carbocycles. The Morgan fingerprint density at radius 1 is 1.13 bits per heavy atom. The Morgan fingerprint density at radius 2 is 2.00 bits per heavy atom. The summed E-state index contributed by atoms with van der Waals surface area (Å²) >= 11 is 0. The van der Waals surface area contributed by atoms with Crippen LogP contribution in [0, 0.1) is 0 Å². The lowest BCUT2D eigenvalue weighted by Crippen LogP contribution is -2.10. The summed E-state index contributed by atoms with van der Waals surface area (Å²) < 4.78 is 13.2. The quantitative estimate of drug-likeness (QED) is 0.543. The fourth-order valence-corrected chi connectivity index (χ4v) is 4.29. The van der Waals surface area contributed by atoms with Gasteiger partial charge in [0.1, 0.15) is 17.8 Å². The van der Waals surface area contributed by atoms with Gasteiger partial charge in [-0.1, -0.05) is 24.3 Å². The van der Waals surface area contributed by atoms with E-state index in [1.165, 1.54) is 17.5 Å². The van der Waals surface area contributed by atoms with Crippen molar-refractivity contribution >= 4 is 16.9 Å². The molecule has 1 unspecified atom stereocenters. The normalized spacial score (nSPS) is 15.3. The van der Waals surface area contributed by atoms with Gasteiger partial charge in [-0.05, 0) is 49.1 Å². The molecule has 7 heteroatoms. The molecular formula is C23H23N5O2. The van der Waals surface area contributed by atoms with Gasteiger partial charge in [-0.2, -0.15) is 5.10 Å². The Balaban J connectivity index is 1.70. The van der Waals surface area contributed by atoms with Crippen molar-refractivity contribution in [3.63, 3.8) is 0 Å². The molecule has 4 aromatic rings. The van der Waals surface area contributed by atoms with E-state index in [-0.39, 0.29) is 6.04 Å². The molecule has 1 aliphatic rings. The van der Waals surface area contributed by atoms with Gasteiger partial charge in [0, 0.05) is 5.56 Å². The number of aryl methyl sites for hydroxylation is 1. The Hall–Kier alpha value is -3.61. The number of nitrogens with two attached hydrogens (primary N) is 1. The first-order valence-corrected chi connectivity index (χ1v) is 10.1. The van der Waals surface area contributed by atoms with Crippen LogP contribution in [-0.4, -0.2) is 33.5 Å². The third-order valence-corrected chi connectivity index (χ3v) is 5.65. The molecular weight excluding hydrogens is 378 g/mol. The second-order valence-corrected chi connectivity index (χ2v) is 7.30. The third-order valence-electron chi connectivity index (χ3n) is 5.65. The van der Waals surface area contributed by atoms with Crippen LogP contribution in [0.5, 0.6) is 11.5 Å². The van der Waals surface area contributed by atoms with E-state index >= 15 is 0 Å². The average molecular weight is 401 g/mol. The highest BCUT2D eigenvalue weighted by atomic mass is 16.5. The fourth-order valence-electron chi connectivity index (χ4n) is 4.29. The molecule has 0 spiro atoms. The second kappa shape index (κ2) is 7.33. The standard InChI is InChI=1S/C23H23N5O2/c1-3-30-18-11-9-15(12-19(18)29-2)21-20-22(24)25-13-26-23(20)28(27-21)17-10-8-14-6-4-5-7-16(14)17/h4-7,9,11-13,17H,3,8,10H2,1-2H3,(H2,24,25,26). The second-order valence-electron chi connectivity index (χ2n) is 7.30. The van der Waals surface area contributed by atoms with Crippen molar-refractivity contribution in [2.75, 3.05) is 19.5 Å². The number of hydrogen-bond acceptors (Lipinski definition) is 6. The maximum absolute atomic E-state index is 6.29. The van der Waals surface area contributed by atoms with E-state index in [0.717, 1.165) is 35.1 Å². The van der Waals surface area contributed by atoms with Gasteiger partial charge < -0.3 is 15.2 Å². The van der Waals surface area contributed by atoms with Crippen LogP contribution in [0.25, 0.3) is 22.3 Å². The predicted molar refractivity (Wildman–Crippen MR) is 116 cm³/mol. The lowest BCUT2D eigenvalue weighted by Gasteiger charge is -2.13. The molecule has 7 nitrogen and oxygen atoms in total. The molecule has 0 amide bonds. The first-order chi connectivity index (χ1) is 14.7. The van der Waals surface area contributed by atoms with Gasteiger partial charge in [-0.3, -0.25) is 0 Å². The van der Waals surface area contributed by atoms with Crippen molar-refractivity contribution in [3.8, 4) is 22.8 Å². The summed E-state index contributed by atoms with van der Waals surface area (Å²) in [7, 11) is 1.63. The van der Waals surface area contributed by atoms with Gasteiger partial charge in [-0.25, -0.2) is 14.6 Å². The molecule has 1 atom stereocenters. The van der Waals surface area contributed by atoms with Gasteiger partial charge in [0.2, 0.25) is 0 Å². The number of benzene rings is 2. The number of fused-ring (bicyclic) bond motifs is 2. The van der Waals surface area contributed by atoms with E-state index in [9.17, 15) is 0 Å². The minimum atomic E-state index is 0.122. The average Bonchev–Trinajstić information content (AvgIpc) is 3.36. The number of ether oxygens (including phenoxy) is 2. The van der Waals surface area contributed by atoms with Crippen molar-refractivity contribution in [2.24, 2.45) is 0 Å². The predicted octanol–water partition coefficient (Wildman–Crippen LogP) is 4.02. The van der Waals surface area contributed by atoms with Gasteiger partial charge >= 0.3 is 0 Å². The number of hydrogen-bond donors (Lipinski definition) is 1. The van der Waals surface area contributed by atoms with Crippen LogP contribution in [0.1, 0.15) is 30.5 Å². The Morgan fingerprint density at radius 3 is 2.83 bits per heavy atom. The molecule has 2 heterocycles. The summed E-state index contributed by atoms with van der Waals surface area (Å²) in [4.78, 5) is 8.77. The van der Waals surface area contributed by atoms with E-state index in [0.29, 0.717) is 23.9 Å². The van der Waals surface area contributed by atoms with E-state index in [1.54, 1.807) is 7.11 Å². The van der Waals surface area contributed by atoms with Gasteiger partial charge in [0.15, 0.2) is 17.1 Å². The van der Waals surface area contributed by atoms with Crippen molar-refractivity contribution in [3.05, 3.63) is 59.9 Å². The van der Waals surface area contributed by atoms with Crippen LogP contribution in [-0.2, 0) is 6.42 Å². The summed E-state index contributed by atoms with van der Waals surface area (Å²) in [6.45, 7) is 2.51. The number of aromatic nitrogens is 4. The Kier molecular flexibility index (Phi) is 4.50. The molecule has 2 aromatic carbocycles. The molecule has 2 N–H and O–H groups in total. The van der Waals surface area contributed by atoms with Crippen LogP contribution in [0.2, 0.25) is 0 Å². The molecule has 0 aliphatic heterocycles. The van der Waals surface area contributed by atoms with E-state index < -0.39 is 0 Å². The number of methoxy groups -OCH3 is 1. The van der Waals surface area contributed by atoms with Crippen LogP contribution in [0.3, 0.4) is 0 Å². The van der Waals surface area contributed by atoms with E-state index in [1.807, 2.05) is 29.8 Å². The zero-order chi connectivity index (χ0) is 20.7. The molecule has 0 saturated carbocycles. The molecule has 0 saturated heterocycles. The number of nitrogen functional groups attached to an aromatic ring is 1. The summed E-state index contributed by atoms with van der Waals surface area (Å²) in [5, 5.41) is 5.75. The zero-order valence-electron chi connectivity index (χ0n) is 17.0. The van der Waals surface area contributed by atoms with Crippen LogP contribution in [0.4, 0.5) is 5.82 Å². The van der Waals surface area contributed by atoms with Crippen LogP contribution >= 0.6 is 0 Å². The summed E-state index contributed by atoms with van der Waals surface area (Å²) in [5.41, 5.74) is 11.3. The lowest BCUT2D eigenvalue weighted by molar-refractivity contribution is 0.311. The van der Waals surface area contributed by atoms with Crippen molar-refractivity contribution in [1.29, 1.82) is 0 Å². The number of nitrogens with zero attached hydrogens (tertiary/aromatic N) is 4. The minimum Gasteiger partial charge on any atom is -0.493 e. The van der Waals surface area contributed by atoms with Crippen LogP contribution in [0.15, 0.2) is 48.8 Å². The maximum Gasteiger partial charge on any atom is 0.164 e. The van der Waals surface area contributed by atoms with Crippen LogP contribution < -0.4 is 15.2 Å². The van der Waals surface area contributed by atoms with Gasteiger partial charge in [-0.15, -0.1) is 0 Å². The highest BCUT2D eigenvalue weighted by Crippen LogP contribution is 2.40. The lowest BCUT2D eigenvalue weighted by atomic mass is 10.1. The molecule has 5 rings (SSSR count). The van der Waals surface area contributed by atoms with Crippen molar-refractivity contribution in [2.45, 2.75) is 25.8 Å². The SMILES string of the molecule is CCOc1ccc(-c2nn(C3CCc4ccccc43)c3ncnc(N)c23)cc1OC. The molecule has 2 aromatic heterocycles. The Bertz CT molecular complexity index is 1230. The first kappa shape index (κ1) is 18.4. The molecule has 0 fully saturated rings. The first-order valence-electron chi connectivity index (χ1n) is 10.1. The number of rotatable bonds is 5. The van der Waals surface area contributed by atoms with Crippen molar-refractivity contribution < 1.29 is 9.47 Å². The number of anilines is 1. The largest absolute Gasteiger partial charge is 0.493 e. The highest BCUT2D eigenvalue weighted by molar-refractivity contribution is 5.98. The monoisotopic (exact) mass is 401 g/mol. The van der Waals surface area contributed by atoms with Gasteiger partial charge in [0.25, 0.3) is 0 Å². The maximum atomic E-state index is 6.29. The summed E-state index contributed by atoms with van der Waals surface area (Å²) in [6.07, 6.45) is 3.50. The third kappa shape index (κ3) is 2.85.